The highest BCUT2D eigenvalue weighted by molar-refractivity contribution is 5.57. The highest BCUT2D eigenvalue weighted by Crippen LogP contribution is 2.18. The first kappa shape index (κ1) is 12.5. The van der Waals surface area contributed by atoms with Crippen LogP contribution < -0.4 is 5.73 Å². The summed E-state index contributed by atoms with van der Waals surface area (Å²) in [5.41, 5.74) is 8.83. The Morgan fingerprint density at radius 3 is 2.50 bits per heavy atom. The van der Waals surface area contributed by atoms with Gasteiger partial charge in [-0.15, -0.1) is 0 Å². The van der Waals surface area contributed by atoms with Crippen molar-refractivity contribution >= 4 is 5.82 Å². The fourth-order valence-corrected chi connectivity index (χ4v) is 1.76. The smallest absolute Gasteiger partial charge is 0.161 e. The molecule has 2 N–H and O–H groups in total. The molecule has 0 bridgehead atoms. The van der Waals surface area contributed by atoms with E-state index < -0.39 is 0 Å². The number of anilines is 1. The molecule has 18 heavy (non-hydrogen) atoms. The molecule has 1 aromatic carbocycles. The van der Waals surface area contributed by atoms with E-state index in [2.05, 4.69) is 29.0 Å². The first-order chi connectivity index (χ1) is 8.72. The third kappa shape index (κ3) is 2.84. The Hall–Kier alpha value is -1.94. The zero-order valence-electron chi connectivity index (χ0n) is 10.7. The summed E-state index contributed by atoms with van der Waals surface area (Å²) >= 11 is 0. The molecule has 0 spiro atoms. The molecule has 1 heterocycles. The molecule has 0 aliphatic rings. The normalized spacial score (nSPS) is 10.6. The maximum atomic E-state index is 5.78. The quantitative estimate of drug-likeness (QED) is 0.896. The third-order valence-electron chi connectivity index (χ3n) is 2.71. The van der Waals surface area contributed by atoms with Crippen molar-refractivity contribution in [2.24, 2.45) is 0 Å². The van der Waals surface area contributed by atoms with Crippen LogP contribution in [0.25, 0.3) is 11.4 Å². The van der Waals surface area contributed by atoms with Crippen molar-refractivity contribution in [3.63, 3.8) is 0 Å². The predicted molar refractivity (Wildman–Crippen MR) is 72.0 cm³/mol. The number of nitrogens with two attached hydrogens (primary N) is 1. The van der Waals surface area contributed by atoms with Crippen molar-refractivity contribution in [3.8, 4) is 11.4 Å². The molecule has 0 aliphatic carbocycles. The first-order valence-corrected chi connectivity index (χ1v) is 5.94. The summed E-state index contributed by atoms with van der Waals surface area (Å²) in [7, 11) is 1.63. The minimum Gasteiger partial charge on any atom is -0.384 e. The molecule has 0 amide bonds. The lowest BCUT2D eigenvalue weighted by atomic mass is 10.1. The number of nitrogens with zero attached hydrogens (tertiary/aromatic N) is 2. The SMILES string of the molecule is CCc1ccc(-c2nc(N)cc(COC)n2)cc1. The molecule has 0 aliphatic heterocycles. The molecule has 94 valence electrons. The van der Waals surface area contributed by atoms with Crippen LogP contribution in [-0.4, -0.2) is 17.1 Å². The fraction of sp³-hybridized carbons (Fsp3) is 0.286. The van der Waals surface area contributed by atoms with E-state index in [-0.39, 0.29) is 0 Å². The van der Waals surface area contributed by atoms with Crippen LogP contribution in [0.15, 0.2) is 30.3 Å². The Balaban J connectivity index is 2.36. The predicted octanol–water partition coefficient (Wildman–Crippen LogP) is 2.43. The van der Waals surface area contributed by atoms with E-state index in [1.54, 1.807) is 13.2 Å². The standard InChI is InChI=1S/C14H17N3O/c1-3-10-4-6-11(7-5-10)14-16-12(9-18-2)8-13(15)17-14/h4-8H,3,9H2,1-2H3,(H2,15,16,17). The van der Waals surface area contributed by atoms with Crippen molar-refractivity contribution < 1.29 is 4.74 Å². The number of hydrogen-bond acceptors (Lipinski definition) is 4. The van der Waals surface area contributed by atoms with Crippen LogP contribution in [0.1, 0.15) is 18.2 Å². The highest BCUT2D eigenvalue weighted by atomic mass is 16.5. The molecule has 1 aromatic heterocycles. The molecular formula is C14H17N3O. The number of aromatic nitrogens is 2. The zero-order valence-corrected chi connectivity index (χ0v) is 10.7. The largest absolute Gasteiger partial charge is 0.384 e. The lowest BCUT2D eigenvalue weighted by Crippen LogP contribution is -2.01. The molecule has 0 unspecified atom stereocenters. The van der Waals surface area contributed by atoms with E-state index in [0.29, 0.717) is 18.2 Å². The van der Waals surface area contributed by atoms with E-state index in [9.17, 15) is 0 Å². The minimum atomic E-state index is 0.437. The minimum absolute atomic E-state index is 0.437. The average Bonchev–Trinajstić information content (AvgIpc) is 2.38. The monoisotopic (exact) mass is 243 g/mol. The van der Waals surface area contributed by atoms with Crippen molar-refractivity contribution in [1.29, 1.82) is 0 Å². The summed E-state index contributed by atoms with van der Waals surface area (Å²) in [6, 6.07) is 9.93. The van der Waals surface area contributed by atoms with Gasteiger partial charge in [-0.05, 0) is 12.0 Å². The maximum Gasteiger partial charge on any atom is 0.161 e. The van der Waals surface area contributed by atoms with Crippen molar-refractivity contribution in [1.82, 2.24) is 9.97 Å². The van der Waals surface area contributed by atoms with Gasteiger partial charge in [-0.25, -0.2) is 9.97 Å². The molecule has 0 saturated heterocycles. The number of ether oxygens (including phenoxy) is 1. The van der Waals surface area contributed by atoms with Crippen molar-refractivity contribution in [2.45, 2.75) is 20.0 Å². The van der Waals surface area contributed by atoms with Crippen LogP contribution in [0.5, 0.6) is 0 Å². The summed E-state index contributed by atoms with van der Waals surface area (Å²) < 4.78 is 5.06. The van der Waals surface area contributed by atoms with Crippen molar-refractivity contribution in [3.05, 3.63) is 41.6 Å². The lowest BCUT2D eigenvalue weighted by Gasteiger charge is -2.06. The van der Waals surface area contributed by atoms with E-state index in [1.807, 2.05) is 12.1 Å². The van der Waals surface area contributed by atoms with Gasteiger partial charge >= 0.3 is 0 Å². The van der Waals surface area contributed by atoms with E-state index >= 15 is 0 Å². The lowest BCUT2D eigenvalue weighted by molar-refractivity contribution is 0.181. The maximum absolute atomic E-state index is 5.78. The van der Waals surface area contributed by atoms with Crippen LogP contribution in [-0.2, 0) is 17.8 Å². The summed E-state index contributed by atoms with van der Waals surface area (Å²) in [4.78, 5) is 8.69. The number of hydrogen-bond donors (Lipinski definition) is 1. The topological polar surface area (TPSA) is 61.0 Å². The van der Waals surface area contributed by atoms with Crippen molar-refractivity contribution in [2.75, 3.05) is 12.8 Å². The Bertz CT molecular complexity index is 523. The number of nitrogen functional groups attached to an aromatic ring is 1. The molecule has 2 rings (SSSR count). The van der Waals surface area contributed by atoms with E-state index in [0.717, 1.165) is 17.7 Å². The molecule has 4 nitrogen and oxygen atoms in total. The van der Waals surface area contributed by atoms with Crippen LogP contribution in [0.2, 0.25) is 0 Å². The summed E-state index contributed by atoms with van der Waals surface area (Å²) in [5.74, 6) is 1.11. The Morgan fingerprint density at radius 2 is 1.89 bits per heavy atom. The molecule has 0 atom stereocenters. The van der Waals surface area contributed by atoms with Gasteiger partial charge in [-0.2, -0.15) is 0 Å². The van der Waals surface area contributed by atoms with Gasteiger partial charge in [-0.1, -0.05) is 31.2 Å². The third-order valence-corrected chi connectivity index (χ3v) is 2.71. The second-order valence-corrected chi connectivity index (χ2v) is 4.09. The molecule has 2 aromatic rings. The second kappa shape index (κ2) is 5.60. The van der Waals surface area contributed by atoms with Gasteiger partial charge < -0.3 is 10.5 Å². The molecule has 0 fully saturated rings. The van der Waals surface area contributed by atoms with Gasteiger partial charge in [0.15, 0.2) is 5.82 Å². The number of methoxy groups -OCH3 is 1. The summed E-state index contributed by atoms with van der Waals surface area (Å²) in [6.07, 6.45) is 1.02. The Morgan fingerprint density at radius 1 is 1.17 bits per heavy atom. The van der Waals surface area contributed by atoms with Gasteiger partial charge in [0.25, 0.3) is 0 Å². The van der Waals surface area contributed by atoms with Gasteiger partial charge in [0.05, 0.1) is 12.3 Å². The van der Waals surface area contributed by atoms with Crippen LogP contribution >= 0.6 is 0 Å². The second-order valence-electron chi connectivity index (χ2n) is 4.09. The summed E-state index contributed by atoms with van der Waals surface area (Å²) in [6.45, 7) is 2.56. The van der Waals surface area contributed by atoms with Crippen LogP contribution in [0.4, 0.5) is 5.82 Å². The van der Waals surface area contributed by atoms with Crippen LogP contribution in [0.3, 0.4) is 0 Å². The highest BCUT2D eigenvalue weighted by Gasteiger charge is 2.05. The Kier molecular flexibility index (Phi) is 3.89. The van der Waals surface area contributed by atoms with Gasteiger partial charge in [0.1, 0.15) is 5.82 Å². The first-order valence-electron chi connectivity index (χ1n) is 5.94. The molecule has 0 radical (unpaired) electrons. The van der Waals surface area contributed by atoms with E-state index in [1.165, 1.54) is 5.56 Å². The number of rotatable bonds is 4. The summed E-state index contributed by atoms with van der Waals surface area (Å²) in [5, 5.41) is 0. The Labute approximate surface area is 107 Å². The molecule has 4 heteroatoms. The zero-order chi connectivity index (χ0) is 13.0. The number of aryl methyl sites for hydroxylation is 1. The number of benzene rings is 1. The van der Waals surface area contributed by atoms with Gasteiger partial charge in [0, 0.05) is 18.7 Å². The average molecular weight is 243 g/mol. The van der Waals surface area contributed by atoms with Crippen LogP contribution in [0, 0.1) is 0 Å². The van der Waals surface area contributed by atoms with E-state index in [4.69, 9.17) is 10.5 Å². The van der Waals surface area contributed by atoms with Gasteiger partial charge in [-0.3, -0.25) is 0 Å². The van der Waals surface area contributed by atoms with Gasteiger partial charge in [0.2, 0.25) is 0 Å². The fourth-order valence-electron chi connectivity index (χ4n) is 1.76. The molecule has 0 saturated carbocycles. The molecular weight excluding hydrogens is 226 g/mol.